The SMILES string of the molecule is Cc1ccc(C(=O)O[C@H]2CCOC2=O)cc1NC(=O)c1ccco1. The Hall–Kier alpha value is -3.09. The van der Waals surface area contributed by atoms with Crippen molar-refractivity contribution in [1.29, 1.82) is 0 Å². The van der Waals surface area contributed by atoms with E-state index in [2.05, 4.69) is 5.32 Å². The van der Waals surface area contributed by atoms with Crippen LogP contribution in [-0.4, -0.2) is 30.6 Å². The summed E-state index contributed by atoms with van der Waals surface area (Å²) < 4.78 is 14.9. The quantitative estimate of drug-likeness (QED) is 0.865. The monoisotopic (exact) mass is 329 g/mol. The van der Waals surface area contributed by atoms with Gasteiger partial charge in [-0.15, -0.1) is 0 Å². The summed E-state index contributed by atoms with van der Waals surface area (Å²) >= 11 is 0. The van der Waals surface area contributed by atoms with Crippen LogP contribution in [0.1, 0.15) is 32.9 Å². The highest BCUT2D eigenvalue weighted by Gasteiger charge is 2.30. The van der Waals surface area contributed by atoms with Crippen LogP contribution in [0.15, 0.2) is 41.0 Å². The molecule has 0 bridgehead atoms. The first-order valence-corrected chi connectivity index (χ1v) is 7.38. The smallest absolute Gasteiger partial charge is 0.347 e. The first-order valence-electron chi connectivity index (χ1n) is 7.38. The molecule has 2 aromatic rings. The van der Waals surface area contributed by atoms with Gasteiger partial charge in [-0.3, -0.25) is 4.79 Å². The van der Waals surface area contributed by atoms with E-state index >= 15 is 0 Å². The molecule has 2 heterocycles. The minimum absolute atomic E-state index is 0.163. The number of anilines is 1. The van der Waals surface area contributed by atoms with Crippen molar-refractivity contribution in [2.45, 2.75) is 19.4 Å². The molecule has 1 N–H and O–H groups in total. The number of hydrogen-bond donors (Lipinski definition) is 1. The highest BCUT2D eigenvalue weighted by atomic mass is 16.6. The number of amides is 1. The van der Waals surface area contributed by atoms with E-state index in [4.69, 9.17) is 13.9 Å². The molecule has 1 saturated heterocycles. The van der Waals surface area contributed by atoms with E-state index in [0.717, 1.165) is 5.56 Å². The van der Waals surface area contributed by atoms with Crippen LogP contribution in [0.5, 0.6) is 0 Å². The van der Waals surface area contributed by atoms with E-state index < -0.39 is 23.9 Å². The third-order valence-electron chi connectivity index (χ3n) is 3.60. The maximum absolute atomic E-state index is 12.2. The minimum atomic E-state index is -0.875. The van der Waals surface area contributed by atoms with Crippen molar-refractivity contribution in [2.75, 3.05) is 11.9 Å². The number of furan rings is 1. The van der Waals surface area contributed by atoms with E-state index in [1.54, 1.807) is 25.1 Å². The molecule has 1 aliphatic rings. The Morgan fingerprint density at radius 1 is 1.29 bits per heavy atom. The maximum Gasteiger partial charge on any atom is 0.347 e. The van der Waals surface area contributed by atoms with E-state index in [1.807, 2.05) is 0 Å². The summed E-state index contributed by atoms with van der Waals surface area (Å²) in [5.41, 5.74) is 1.46. The predicted octanol–water partition coefficient (Wildman–Crippen LogP) is 2.31. The van der Waals surface area contributed by atoms with Crippen LogP contribution >= 0.6 is 0 Å². The van der Waals surface area contributed by atoms with E-state index in [-0.39, 0.29) is 17.9 Å². The van der Waals surface area contributed by atoms with Crippen molar-refractivity contribution in [3.63, 3.8) is 0 Å². The topological polar surface area (TPSA) is 94.8 Å². The third-order valence-corrected chi connectivity index (χ3v) is 3.60. The Morgan fingerprint density at radius 3 is 2.79 bits per heavy atom. The Kier molecular flexibility index (Phi) is 4.33. The molecule has 1 aromatic carbocycles. The fourth-order valence-electron chi connectivity index (χ4n) is 2.26. The van der Waals surface area contributed by atoms with Gasteiger partial charge in [-0.1, -0.05) is 6.07 Å². The lowest BCUT2D eigenvalue weighted by molar-refractivity contribution is -0.145. The molecule has 0 spiro atoms. The van der Waals surface area contributed by atoms with Crippen LogP contribution in [0.25, 0.3) is 0 Å². The molecule has 0 unspecified atom stereocenters. The average Bonchev–Trinajstić information content (AvgIpc) is 3.22. The fourth-order valence-corrected chi connectivity index (χ4v) is 2.26. The molecule has 24 heavy (non-hydrogen) atoms. The Bertz CT molecular complexity index is 780. The Morgan fingerprint density at radius 2 is 2.12 bits per heavy atom. The first-order chi connectivity index (χ1) is 11.5. The van der Waals surface area contributed by atoms with Crippen LogP contribution in [-0.2, 0) is 14.3 Å². The number of ether oxygens (including phenoxy) is 2. The number of cyclic esters (lactones) is 1. The molecule has 1 amide bonds. The molecule has 1 fully saturated rings. The van der Waals surface area contributed by atoms with Gasteiger partial charge in [-0.2, -0.15) is 0 Å². The van der Waals surface area contributed by atoms with Crippen molar-refractivity contribution < 1.29 is 28.3 Å². The van der Waals surface area contributed by atoms with Gasteiger partial charge in [0, 0.05) is 12.1 Å². The Labute approximate surface area is 137 Å². The van der Waals surface area contributed by atoms with Crippen molar-refractivity contribution in [3.8, 4) is 0 Å². The zero-order valence-electron chi connectivity index (χ0n) is 12.9. The molecule has 0 saturated carbocycles. The number of aryl methyl sites for hydroxylation is 1. The second-order valence-corrected chi connectivity index (χ2v) is 5.31. The molecule has 0 radical (unpaired) electrons. The lowest BCUT2D eigenvalue weighted by atomic mass is 10.1. The number of rotatable bonds is 4. The number of carbonyl (C=O) groups is 3. The summed E-state index contributed by atoms with van der Waals surface area (Å²) in [7, 11) is 0. The molecule has 124 valence electrons. The molecule has 7 heteroatoms. The van der Waals surface area contributed by atoms with E-state index in [1.165, 1.54) is 18.4 Å². The molecule has 3 rings (SSSR count). The van der Waals surface area contributed by atoms with Gasteiger partial charge in [-0.25, -0.2) is 9.59 Å². The van der Waals surface area contributed by atoms with Crippen LogP contribution in [0.4, 0.5) is 5.69 Å². The standard InChI is InChI=1S/C17H15NO6/c1-10-4-5-11(16(20)24-14-6-8-23-17(14)21)9-12(10)18-15(19)13-3-2-7-22-13/h2-5,7,9,14H,6,8H2,1H3,(H,18,19)/t14-/m0/s1. The molecular formula is C17H15NO6. The second kappa shape index (κ2) is 6.57. The van der Waals surface area contributed by atoms with Crippen LogP contribution in [0.3, 0.4) is 0 Å². The number of carbonyl (C=O) groups excluding carboxylic acids is 3. The summed E-state index contributed by atoms with van der Waals surface area (Å²) in [6, 6.07) is 7.89. The Balaban J connectivity index is 1.74. The number of esters is 2. The van der Waals surface area contributed by atoms with Crippen molar-refractivity contribution in [3.05, 3.63) is 53.5 Å². The second-order valence-electron chi connectivity index (χ2n) is 5.31. The van der Waals surface area contributed by atoms with Gasteiger partial charge < -0.3 is 19.2 Å². The van der Waals surface area contributed by atoms with Crippen LogP contribution in [0.2, 0.25) is 0 Å². The van der Waals surface area contributed by atoms with Gasteiger partial charge in [0.1, 0.15) is 0 Å². The summed E-state index contributed by atoms with van der Waals surface area (Å²) in [6.45, 7) is 2.04. The molecule has 1 atom stereocenters. The predicted molar refractivity (Wildman–Crippen MR) is 82.6 cm³/mol. The highest BCUT2D eigenvalue weighted by molar-refractivity contribution is 6.03. The minimum Gasteiger partial charge on any atom is -0.463 e. The normalized spacial score (nSPS) is 16.5. The number of hydrogen-bond acceptors (Lipinski definition) is 6. The largest absolute Gasteiger partial charge is 0.463 e. The van der Waals surface area contributed by atoms with Gasteiger partial charge in [0.15, 0.2) is 5.76 Å². The summed E-state index contributed by atoms with van der Waals surface area (Å²) in [5.74, 6) is -1.45. The first kappa shape index (κ1) is 15.8. The number of benzene rings is 1. The van der Waals surface area contributed by atoms with Gasteiger partial charge >= 0.3 is 11.9 Å². The number of nitrogens with one attached hydrogen (secondary N) is 1. The molecule has 7 nitrogen and oxygen atoms in total. The van der Waals surface area contributed by atoms with Crippen LogP contribution < -0.4 is 5.32 Å². The lowest BCUT2D eigenvalue weighted by Crippen LogP contribution is -2.22. The van der Waals surface area contributed by atoms with Crippen molar-refractivity contribution >= 4 is 23.5 Å². The molecule has 0 aliphatic carbocycles. The van der Waals surface area contributed by atoms with Gasteiger partial charge in [0.25, 0.3) is 5.91 Å². The van der Waals surface area contributed by atoms with E-state index in [0.29, 0.717) is 12.1 Å². The van der Waals surface area contributed by atoms with E-state index in [9.17, 15) is 14.4 Å². The van der Waals surface area contributed by atoms with Crippen molar-refractivity contribution in [1.82, 2.24) is 0 Å². The molecular weight excluding hydrogens is 314 g/mol. The van der Waals surface area contributed by atoms with Gasteiger partial charge in [0.05, 0.1) is 18.4 Å². The third kappa shape index (κ3) is 3.29. The summed E-state index contributed by atoms with van der Waals surface area (Å²) in [6.07, 6.45) is 0.870. The molecule has 1 aromatic heterocycles. The lowest BCUT2D eigenvalue weighted by Gasteiger charge is -2.11. The maximum atomic E-state index is 12.2. The summed E-state index contributed by atoms with van der Waals surface area (Å²) in [4.78, 5) is 35.6. The van der Waals surface area contributed by atoms with Gasteiger partial charge in [0.2, 0.25) is 6.10 Å². The van der Waals surface area contributed by atoms with Crippen LogP contribution in [0, 0.1) is 6.92 Å². The highest BCUT2D eigenvalue weighted by Crippen LogP contribution is 2.20. The zero-order valence-corrected chi connectivity index (χ0v) is 12.9. The van der Waals surface area contributed by atoms with Crippen molar-refractivity contribution in [2.24, 2.45) is 0 Å². The van der Waals surface area contributed by atoms with Gasteiger partial charge in [-0.05, 0) is 36.8 Å². The zero-order chi connectivity index (χ0) is 17.1. The molecule has 1 aliphatic heterocycles. The average molecular weight is 329 g/mol. The fraction of sp³-hybridized carbons (Fsp3) is 0.235. The summed E-state index contributed by atoms with van der Waals surface area (Å²) in [5, 5.41) is 2.68.